The lowest BCUT2D eigenvalue weighted by atomic mass is 9.99. The first kappa shape index (κ1) is 9.68. The second-order valence-electron chi connectivity index (χ2n) is 4.07. The Kier molecular flexibility index (Phi) is 2.56. The third kappa shape index (κ3) is 1.81. The minimum absolute atomic E-state index is 0.178. The van der Waals surface area contributed by atoms with E-state index in [2.05, 4.69) is 18.1 Å². The molecule has 0 amide bonds. The van der Waals surface area contributed by atoms with Crippen LogP contribution in [-0.2, 0) is 18.2 Å². The van der Waals surface area contributed by atoms with Crippen LogP contribution in [0.15, 0.2) is 6.07 Å². The summed E-state index contributed by atoms with van der Waals surface area (Å²) in [6, 6.07) is 2.29. The van der Waals surface area contributed by atoms with Gasteiger partial charge in [-0.1, -0.05) is 0 Å². The molecular formula is C10H17N3O. The molecule has 2 atom stereocenters. The molecule has 0 spiro atoms. The minimum Gasteiger partial charge on any atom is -0.379 e. The Balaban J connectivity index is 2.03. The maximum atomic E-state index is 5.91. The molecule has 1 fully saturated rings. The second-order valence-corrected chi connectivity index (χ2v) is 4.07. The molecule has 1 aromatic rings. The Bertz CT molecular complexity index is 302. The van der Waals surface area contributed by atoms with E-state index >= 15 is 0 Å². The molecule has 0 aliphatic carbocycles. The van der Waals surface area contributed by atoms with Crippen LogP contribution in [0.1, 0.15) is 11.4 Å². The van der Waals surface area contributed by atoms with Crippen molar-refractivity contribution in [2.24, 2.45) is 18.7 Å². The fourth-order valence-corrected chi connectivity index (χ4v) is 1.83. The summed E-state index contributed by atoms with van der Waals surface area (Å²) in [4.78, 5) is 0. The first-order valence-corrected chi connectivity index (χ1v) is 4.99. The molecule has 0 bridgehead atoms. The van der Waals surface area contributed by atoms with E-state index in [4.69, 9.17) is 10.5 Å². The molecule has 14 heavy (non-hydrogen) atoms. The van der Waals surface area contributed by atoms with Gasteiger partial charge in [0.15, 0.2) is 0 Å². The van der Waals surface area contributed by atoms with Gasteiger partial charge < -0.3 is 10.5 Å². The number of nitrogens with zero attached hydrogens (tertiary/aromatic N) is 2. The Hall–Kier alpha value is -0.870. The predicted molar refractivity (Wildman–Crippen MR) is 53.9 cm³/mol. The van der Waals surface area contributed by atoms with Crippen LogP contribution in [0.4, 0.5) is 0 Å². The number of hydrogen-bond donors (Lipinski definition) is 1. The van der Waals surface area contributed by atoms with Crippen LogP contribution in [0.5, 0.6) is 0 Å². The van der Waals surface area contributed by atoms with Crippen molar-refractivity contribution in [1.82, 2.24) is 9.78 Å². The van der Waals surface area contributed by atoms with Crippen molar-refractivity contribution in [1.29, 1.82) is 0 Å². The normalized spacial score (nSPS) is 27.1. The lowest BCUT2D eigenvalue weighted by Crippen LogP contribution is -2.29. The highest BCUT2D eigenvalue weighted by atomic mass is 16.5. The fourth-order valence-electron chi connectivity index (χ4n) is 1.83. The maximum absolute atomic E-state index is 5.91. The summed E-state index contributed by atoms with van der Waals surface area (Å²) in [5.41, 5.74) is 8.22. The smallest absolute Gasteiger partial charge is 0.0631 e. The largest absolute Gasteiger partial charge is 0.379 e. The van der Waals surface area contributed by atoms with Crippen molar-refractivity contribution < 1.29 is 4.74 Å². The summed E-state index contributed by atoms with van der Waals surface area (Å²) < 4.78 is 7.22. The van der Waals surface area contributed by atoms with E-state index in [1.807, 2.05) is 11.7 Å². The van der Waals surface area contributed by atoms with Gasteiger partial charge in [-0.3, -0.25) is 4.68 Å². The number of ether oxygens (including phenoxy) is 1. The van der Waals surface area contributed by atoms with E-state index < -0.39 is 0 Å². The molecule has 78 valence electrons. The fraction of sp³-hybridized carbons (Fsp3) is 0.700. The number of aryl methyl sites for hydroxylation is 2. The van der Waals surface area contributed by atoms with E-state index in [0.29, 0.717) is 12.5 Å². The molecule has 1 aliphatic heterocycles. The first-order chi connectivity index (χ1) is 6.66. The van der Waals surface area contributed by atoms with Crippen molar-refractivity contribution in [2.75, 3.05) is 13.2 Å². The van der Waals surface area contributed by atoms with E-state index in [1.54, 1.807) is 0 Å². The van der Waals surface area contributed by atoms with Gasteiger partial charge in [0.25, 0.3) is 0 Å². The lowest BCUT2D eigenvalue weighted by molar-refractivity contribution is 0.184. The Morgan fingerprint density at radius 3 is 2.93 bits per heavy atom. The van der Waals surface area contributed by atoms with E-state index in [9.17, 15) is 0 Å². The van der Waals surface area contributed by atoms with Crippen molar-refractivity contribution in [3.05, 3.63) is 17.5 Å². The number of hydrogen-bond acceptors (Lipinski definition) is 3. The molecule has 2 heterocycles. The van der Waals surface area contributed by atoms with E-state index in [0.717, 1.165) is 18.7 Å². The predicted octanol–water partition coefficient (Wildman–Crippen LogP) is 0.245. The van der Waals surface area contributed by atoms with Crippen LogP contribution < -0.4 is 5.73 Å². The highest BCUT2D eigenvalue weighted by molar-refractivity contribution is 5.09. The van der Waals surface area contributed by atoms with Gasteiger partial charge in [-0.15, -0.1) is 0 Å². The molecule has 2 rings (SSSR count). The van der Waals surface area contributed by atoms with Crippen molar-refractivity contribution >= 4 is 0 Å². The lowest BCUT2D eigenvalue weighted by Gasteiger charge is -2.10. The minimum atomic E-state index is 0.178. The zero-order valence-electron chi connectivity index (χ0n) is 8.73. The molecule has 4 heteroatoms. The summed E-state index contributed by atoms with van der Waals surface area (Å²) in [7, 11) is 1.96. The van der Waals surface area contributed by atoms with Gasteiger partial charge in [0.05, 0.1) is 18.9 Å². The molecule has 0 saturated carbocycles. The topological polar surface area (TPSA) is 53.1 Å². The van der Waals surface area contributed by atoms with Crippen molar-refractivity contribution in [3.63, 3.8) is 0 Å². The van der Waals surface area contributed by atoms with Crippen molar-refractivity contribution in [3.8, 4) is 0 Å². The van der Waals surface area contributed by atoms with Crippen LogP contribution in [0.2, 0.25) is 0 Å². The quantitative estimate of drug-likeness (QED) is 0.735. The summed E-state index contributed by atoms with van der Waals surface area (Å²) >= 11 is 0. The van der Waals surface area contributed by atoms with Gasteiger partial charge in [-0.05, 0) is 19.4 Å². The Morgan fingerprint density at radius 1 is 1.64 bits per heavy atom. The van der Waals surface area contributed by atoms with Gasteiger partial charge in [0.2, 0.25) is 0 Å². The van der Waals surface area contributed by atoms with Crippen LogP contribution in [0.3, 0.4) is 0 Å². The molecule has 0 aromatic carbocycles. The summed E-state index contributed by atoms with van der Waals surface area (Å²) in [5.74, 6) is 0.435. The third-order valence-corrected chi connectivity index (χ3v) is 2.88. The first-order valence-electron chi connectivity index (χ1n) is 4.99. The number of rotatable bonds is 2. The molecule has 2 unspecified atom stereocenters. The standard InChI is InChI=1S/C10H17N3O/c1-7-3-9(12-13(7)2)4-8-5-14-6-10(8)11/h3,8,10H,4-6,11H2,1-2H3. The van der Waals surface area contributed by atoms with Gasteiger partial charge in [0, 0.05) is 24.7 Å². The summed E-state index contributed by atoms with van der Waals surface area (Å²) in [6.45, 7) is 3.52. The third-order valence-electron chi connectivity index (χ3n) is 2.88. The highest BCUT2D eigenvalue weighted by Crippen LogP contribution is 2.17. The number of aromatic nitrogens is 2. The molecule has 1 aromatic heterocycles. The summed E-state index contributed by atoms with van der Waals surface area (Å²) in [5, 5.41) is 4.41. The maximum Gasteiger partial charge on any atom is 0.0631 e. The number of nitrogens with two attached hydrogens (primary N) is 1. The SMILES string of the molecule is Cc1cc(CC2COCC2N)nn1C. The van der Waals surface area contributed by atoms with E-state index in [-0.39, 0.29) is 6.04 Å². The molecule has 0 radical (unpaired) electrons. The zero-order chi connectivity index (χ0) is 10.1. The van der Waals surface area contributed by atoms with Crippen molar-refractivity contribution in [2.45, 2.75) is 19.4 Å². The summed E-state index contributed by atoms with van der Waals surface area (Å²) in [6.07, 6.45) is 0.933. The van der Waals surface area contributed by atoms with Crippen LogP contribution >= 0.6 is 0 Å². The molecule has 1 aliphatic rings. The zero-order valence-corrected chi connectivity index (χ0v) is 8.73. The average molecular weight is 195 g/mol. The van der Waals surface area contributed by atoms with Crippen LogP contribution in [0.25, 0.3) is 0 Å². The molecule has 4 nitrogen and oxygen atoms in total. The monoisotopic (exact) mass is 195 g/mol. The van der Waals surface area contributed by atoms with Gasteiger partial charge in [-0.25, -0.2) is 0 Å². The van der Waals surface area contributed by atoms with Crippen LogP contribution in [-0.4, -0.2) is 29.0 Å². The Labute approximate surface area is 84.0 Å². The van der Waals surface area contributed by atoms with Gasteiger partial charge in [0.1, 0.15) is 0 Å². The average Bonchev–Trinajstić information content (AvgIpc) is 2.63. The van der Waals surface area contributed by atoms with Gasteiger partial charge >= 0.3 is 0 Å². The van der Waals surface area contributed by atoms with Gasteiger partial charge in [-0.2, -0.15) is 5.10 Å². The molecule has 1 saturated heterocycles. The second kappa shape index (κ2) is 3.71. The van der Waals surface area contributed by atoms with Crippen LogP contribution in [0, 0.1) is 12.8 Å². The molecule has 2 N–H and O–H groups in total. The van der Waals surface area contributed by atoms with E-state index in [1.165, 1.54) is 5.69 Å². The molecular weight excluding hydrogens is 178 g/mol. The highest BCUT2D eigenvalue weighted by Gasteiger charge is 2.25. The Morgan fingerprint density at radius 2 is 2.43 bits per heavy atom.